The highest BCUT2D eigenvalue weighted by atomic mass is 32.2. The number of carbonyl (C=O) groups is 2. The van der Waals surface area contributed by atoms with Gasteiger partial charge in [0.1, 0.15) is 0 Å². The smallest absolute Gasteiger partial charge is 0.257 e. The third kappa shape index (κ3) is 4.36. The Labute approximate surface area is 191 Å². The van der Waals surface area contributed by atoms with E-state index >= 15 is 0 Å². The number of hydrogen-bond donors (Lipinski definition) is 1. The van der Waals surface area contributed by atoms with Gasteiger partial charge in [-0.3, -0.25) is 14.9 Å². The number of thiazole rings is 1. The molecule has 3 aromatic rings. The second kappa shape index (κ2) is 8.93. The Kier molecular flexibility index (Phi) is 6.23. The molecule has 1 aliphatic heterocycles. The predicted octanol–water partition coefficient (Wildman–Crippen LogP) is 4.36. The van der Waals surface area contributed by atoms with Crippen molar-refractivity contribution in [2.24, 2.45) is 0 Å². The summed E-state index contributed by atoms with van der Waals surface area (Å²) in [6.07, 6.45) is 1.68. The average Bonchev–Trinajstić information content (AvgIpc) is 3.45. The molecule has 7 nitrogen and oxygen atoms in total. The number of nitrogens with zero attached hydrogens (tertiary/aromatic N) is 2. The number of carbonyl (C=O) groups excluding carboxylic acids is 2. The third-order valence-corrected chi connectivity index (χ3v) is 8.34. The summed E-state index contributed by atoms with van der Waals surface area (Å²) in [4.78, 5) is 30.2. The van der Waals surface area contributed by atoms with E-state index in [1.165, 1.54) is 23.4 Å². The van der Waals surface area contributed by atoms with E-state index < -0.39 is 15.9 Å². The number of Topliss-reactive ketones (excluding diaryl/α,β-unsaturated/α-hetero) is 1. The van der Waals surface area contributed by atoms with Crippen LogP contribution in [0.4, 0.5) is 5.13 Å². The van der Waals surface area contributed by atoms with Crippen molar-refractivity contribution in [1.29, 1.82) is 0 Å². The highest BCUT2D eigenvalue weighted by Gasteiger charge is 2.28. The van der Waals surface area contributed by atoms with Crippen molar-refractivity contribution >= 4 is 38.2 Å². The Morgan fingerprint density at radius 3 is 2.41 bits per heavy atom. The zero-order valence-corrected chi connectivity index (χ0v) is 19.4. The van der Waals surface area contributed by atoms with Gasteiger partial charge in [-0.05, 0) is 37.5 Å². The van der Waals surface area contributed by atoms with Gasteiger partial charge in [-0.15, -0.1) is 0 Å². The molecule has 4 rings (SSSR count). The standard InChI is InChI=1S/C23H23N3O4S2/c1-15-10-11-18(32(29,30)26-12-6-7-13-26)14-19(15)22(28)25-23-24-20(21(31-23)16(2)27)17-8-4-3-5-9-17/h3-5,8-11,14H,6-7,12-13H2,1-2H3,(H,24,25,28). The van der Waals surface area contributed by atoms with Crippen LogP contribution in [0.3, 0.4) is 0 Å². The molecule has 0 bridgehead atoms. The van der Waals surface area contributed by atoms with Crippen molar-refractivity contribution in [3.63, 3.8) is 0 Å². The van der Waals surface area contributed by atoms with E-state index in [1.54, 1.807) is 13.0 Å². The van der Waals surface area contributed by atoms with Gasteiger partial charge in [-0.25, -0.2) is 13.4 Å². The van der Waals surface area contributed by atoms with Gasteiger partial charge in [0.15, 0.2) is 10.9 Å². The van der Waals surface area contributed by atoms with Gasteiger partial charge in [0, 0.05) is 31.1 Å². The summed E-state index contributed by atoms with van der Waals surface area (Å²) in [5.74, 6) is -0.610. The van der Waals surface area contributed by atoms with Gasteiger partial charge < -0.3 is 0 Å². The number of ketones is 1. The van der Waals surface area contributed by atoms with E-state index in [9.17, 15) is 18.0 Å². The molecule has 1 fully saturated rings. The predicted molar refractivity (Wildman–Crippen MR) is 125 cm³/mol. The molecule has 1 aliphatic rings. The number of aromatic nitrogens is 1. The van der Waals surface area contributed by atoms with Crippen LogP contribution < -0.4 is 5.32 Å². The molecule has 1 amide bonds. The van der Waals surface area contributed by atoms with Crippen molar-refractivity contribution in [2.75, 3.05) is 18.4 Å². The van der Waals surface area contributed by atoms with E-state index in [1.807, 2.05) is 30.3 Å². The maximum absolute atomic E-state index is 13.0. The highest BCUT2D eigenvalue weighted by molar-refractivity contribution is 7.89. The molecule has 9 heteroatoms. The van der Waals surface area contributed by atoms with Crippen LogP contribution in [-0.2, 0) is 10.0 Å². The Balaban J connectivity index is 1.64. The molecule has 2 aromatic carbocycles. The summed E-state index contributed by atoms with van der Waals surface area (Å²) in [6, 6.07) is 13.9. The first kappa shape index (κ1) is 22.3. The SMILES string of the molecule is CC(=O)c1sc(NC(=O)c2cc(S(=O)(=O)N3CCCC3)ccc2C)nc1-c1ccccc1. The Bertz CT molecular complexity index is 1280. The third-order valence-electron chi connectivity index (χ3n) is 5.37. The Morgan fingerprint density at radius 2 is 1.75 bits per heavy atom. The average molecular weight is 470 g/mol. The highest BCUT2D eigenvalue weighted by Crippen LogP contribution is 2.32. The molecular formula is C23H23N3O4S2. The lowest BCUT2D eigenvalue weighted by Gasteiger charge is -2.16. The van der Waals surface area contributed by atoms with Gasteiger partial charge in [-0.2, -0.15) is 4.31 Å². The summed E-state index contributed by atoms with van der Waals surface area (Å²) < 4.78 is 27.3. The molecule has 0 spiro atoms. The molecule has 1 aromatic heterocycles. The molecule has 166 valence electrons. The Hall–Kier alpha value is -2.88. The number of rotatable bonds is 6. The zero-order chi connectivity index (χ0) is 22.9. The minimum atomic E-state index is -3.64. The summed E-state index contributed by atoms with van der Waals surface area (Å²) in [6.45, 7) is 4.20. The molecule has 32 heavy (non-hydrogen) atoms. The minimum absolute atomic E-state index is 0.101. The molecule has 2 heterocycles. The first-order valence-corrected chi connectivity index (χ1v) is 12.5. The van der Waals surface area contributed by atoms with Crippen LogP contribution in [0, 0.1) is 6.92 Å². The van der Waals surface area contributed by atoms with Gasteiger partial charge in [0.25, 0.3) is 5.91 Å². The van der Waals surface area contributed by atoms with Crippen LogP contribution in [0.25, 0.3) is 11.3 Å². The first-order chi connectivity index (χ1) is 15.3. The number of amides is 1. The molecule has 1 saturated heterocycles. The van der Waals surface area contributed by atoms with Gasteiger partial charge in [-0.1, -0.05) is 47.7 Å². The van der Waals surface area contributed by atoms with Crippen LogP contribution in [0.5, 0.6) is 0 Å². The molecule has 0 radical (unpaired) electrons. The molecule has 0 aliphatic carbocycles. The summed E-state index contributed by atoms with van der Waals surface area (Å²) in [7, 11) is -3.64. The Morgan fingerprint density at radius 1 is 1.06 bits per heavy atom. The number of sulfonamides is 1. The van der Waals surface area contributed by atoms with Crippen LogP contribution in [0.1, 0.15) is 45.4 Å². The molecule has 0 saturated carbocycles. The van der Waals surface area contributed by atoms with Crippen LogP contribution in [0.15, 0.2) is 53.4 Å². The maximum Gasteiger partial charge on any atom is 0.257 e. The van der Waals surface area contributed by atoms with Crippen LogP contribution >= 0.6 is 11.3 Å². The number of benzene rings is 2. The van der Waals surface area contributed by atoms with Crippen molar-refractivity contribution in [3.05, 3.63) is 64.5 Å². The first-order valence-electron chi connectivity index (χ1n) is 10.3. The fourth-order valence-corrected chi connectivity index (χ4v) is 6.07. The van der Waals surface area contributed by atoms with E-state index in [-0.39, 0.29) is 21.4 Å². The zero-order valence-electron chi connectivity index (χ0n) is 17.8. The summed E-state index contributed by atoms with van der Waals surface area (Å²) >= 11 is 1.10. The van der Waals surface area contributed by atoms with Gasteiger partial charge in [0.2, 0.25) is 10.0 Å². The van der Waals surface area contributed by atoms with E-state index in [0.717, 1.165) is 29.7 Å². The number of aryl methyl sites for hydroxylation is 1. The number of nitrogens with one attached hydrogen (secondary N) is 1. The van der Waals surface area contributed by atoms with Crippen LogP contribution in [-0.4, -0.2) is 42.5 Å². The second-order valence-electron chi connectivity index (χ2n) is 7.66. The van der Waals surface area contributed by atoms with Gasteiger partial charge in [0.05, 0.1) is 15.5 Å². The van der Waals surface area contributed by atoms with E-state index in [2.05, 4.69) is 10.3 Å². The van der Waals surface area contributed by atoms with Gasteiger partial charge >= 0.3 is 0 Å². The summed E-state index contributed by atoms with van der Waals surface area (Å²) in [5, 5.41) is 3.02. The lowest BCUT2D eigenvalue weighted by atomic mass is 10.1. The minimum Gasteiger partial charge on any atom is -0.298 e. The normalized spacial score (nSPS) is 14.4. The lowest BCUT2D eigenvalue weighted by Crippen LogP contribution is -2.28. The van der Waals surface area contributed by atoms with E-state index in [4.69, 9.17) is 0 Å². The lowest BCUT2D eigenvalue weighted by molar-refractivity contribution is 0.101. The van der Waals surface area contributed by atoms with Crippen molar-refractivity contribution in [1.82, 2.24) is 9.29 Å². The quantitative estimate of drug-likeness (QED) is 0.541. The second-order valence-corrected chi connectivity index (χ2v) is 10.6. The largest absolute Gasteiger partial charge is 0.298 e. The van der Waals surface area contributed by atoms with Crippen molar-refractivity contribution < 1.29 is 18.0 Å². The molecule has 0 unspecified atom stereocenters. The monoisotopic (exact) mass is 469 g/mol. The topological polar surface area (TPSA) is 96.4 Å². The van der Waals surface area contributed by atoms with E-state index in [0.29, 0.717) is 29.2 Å². The number of hydrogen-bond acceptors (Lipinski definition) is 6. The summed E-state index contributed by atoms with van der Waals surface area (Å²) in [5.41, 5.74) is 2.20. The molecule has 1 N–H and O–H groups in total. The maximum atomic E-state index is 13.0. The van der Waals surface area contributed by atoms with Crippen molar-refractivity contribution in [2.45, 2.75) is 31.6 Å². The fourth-order valence-electron chi connectivity index (χ4n) is 3.65. The molecular weight excluding hydrogens is 446 g/mol. The number of anilines is 1. The fraction of sp³-hybridized carbons (Fsp3) is 0.261. The molecule has 0 atom stereocenters. The van der Waals surface area contributed by atoms with Crippen LogP contribution in [0.2, 0.25) is 0 Å². The van der Waals surface area contributed by atoms with Crippen molar-refractivity contribution in [3.8, 4) is 11.3 Å².